The number of fused-ring (bicyclic) bond motifs is 2. The van der Waals surface area contributed by atoms with Crippen molar-refractivity contribution in [3.63, 3.8) is 0 Å². The van der Waals surface area contributed by atoms with E-state index >= 15 is 4.39 Å². The molecule has 1 fully saturated rings. The molecule has 2 aromatic heterocycles. The number of thiazole rings is 1. The van der Waals surface area contributed by atoms with E-state index in [1.165, 1.54) is 27.9 Å². The Balaban J connectivity index is 1.16. The van der Waals surface area contributed by atoms with E-state index in [0.717, 1.165) is 50.0 Å². The van der Waals surface area contributed by atoms with Crippen molar-refractivity contribution in [1.29, 1.82) is 0 Å². The van der Waals surface area contributed by atoms with Gasteiger partial charge in [0.1, 0.15) is 5.82 Å². The van der Waals surface area contributed by atoms with Crippen LogP contribution in [-0.2, 0) is 29.7 Å². The summed E-state index contributed by atoms with van der Waals surface area (Å²) in [4.78, 5) is 40.2. The summed E-state index contributed by atoms with van der Waals surface area (Å²) >= 11 is 1.30. The Labute approximate surface area is 260 Å². The maximum atomic E-state index is 15.7. The lowest BCUT2D eigenvalue weighted by atomic mass is 9.52. The van der Waals surface area contributed by atoms with E-state index in [1.807, 2.05) is 16.7 Å². The van der Waals surface area contributed by atoms with Gasteiger partial charge in [-0.15, -0.1) is 11.3 Å². The normalized spacial score (nSPS) is 23.0. The highest BCUT2D eigenvalue weighted by Gasteiger charge is 2.49. The van der Waals surface area contributed by atoms with E-state index in [1.54, 1.807) is 24.0 Å². The molecule has 1 aliphatic carbocycles. The summed E-state index contributed by atoms with van der Waals surface area (Å²) in [5.41, 5.74) is 5.27. The molecule has 3 aliphatic rings. The molecular formula is C34H37FN6O2S. The standard InChI is InChI=1S/C34H37FN6O2S/c1-33(19-39(3)4)17-34(2,18-33)23-9-7-21(8-10-23)22-14-24-25(26(35)15-22)16-41(31(24)43)29(30(42)38-32-36-11-13-44-32)28-27-6-5-12-40(27)20-37-28/h7-11,13-15,20,29H,5-6,12,16-19H2,1-4H3,(H,36,38,42). The first-order valence-corrected chi connectivity index (χ1v) is 16.0. The number of hydrogen-bond acceptors (Lipinski definition) is 6. The monoisotopic (exact) mass is 612 g/mol. The minimum absolute atomic E-state index is 0.00839. The zero-order valence-corrected chi connectivity index (χ0v) is 26.4. The number of carbonyl (C=O) groups is 2. The Bertz CT molecular complexity index is 1740. The summed E-state index contributed by atoms with van der Waals surface area (Å²) in [6, 6.07) is 10.6. The number of amides is 2. The number of nitrogens with one attached hydrogen (secondary N) is 1. The van der Waals surface area contributed by atoms with Crippen molar-refractivity contribution in [2.45, 2.75) is 64.1 Å². The van der Waals surface area contributed by atoms with Crippen LogP contribution in [0.2, 0.25) is 0 Å². The average Bonchev–Trinajstić information content (AvgIpc) is 3.76. The van der Waals surface area contributed by atoms with Gasteiger partial charge < -0.3 is 14.4 Å². The molecule has 1 saturated carbocycles. The summed E-state index contributed by atoms with van der Waals surface area (Å²) in [5, 5.41) is 5.06. The molecule has 4 aromatic rings. The van der Waals surface area contributed by atoms with Crippen LogP contribution in [0, 0.1) is 11.2 Å². The van der Waals surface area contributed by atoms with Crippen molar-refractivity contribution in [3.8, 4) is 11.1 Å². The predicted molar refractivity (Wildman–Crippen MR) is 169 cm³/mol. The second-order valence-electron chi connectivity index (χ2n) is 13.6. The molecule has 2 aliphatic heterocycles. The van der Waals surface area contributed by atoms with E-state index in [0.29, 0.717) is 27.4 Å². The second-order valence-corrected chi connectivity index (χ2v) is 14.5. The number of benzene rings is 2. The van der Waals surface area contributed by atoms with Crippen LogP contribution in [0.1, 0.15) is 72.0 Å². The van der Waals surface area contributed by atoms with Gasteiger partial charge in [-0.2, -0.15) is 0 Å². The molecule has 2 amide bonds. The molecular weight excluding hydrogens is 575 g/mol. The number of aryl methyl sites for hydroxylation is 1. The first-order valence-electron chi connectivity index (χ1n) is 15.2. The predicted octanol–water partition coefficient (Wildman–Crippen LogP) is 6.05. The third kappa shape index (κ3) is 4.94. The molecule has 8 nitrogen and oxygen atoms in total. The van der Waals surface area contributed by atoms with Gasteiger partial charge in [0.2, 0.25) is 0 Å². The number of carbonyl (C=O) groups excluding carboxylic acids is 2. The lowest BCUT2D eigenvalue weighted by Crippen LogP contribution is -2.50. The number of hydrogen-bond donors (Lipinski definition) is 1. The summed E-state index contributed by atoms with van der Waals surface area (Å²) < 4.78 is 17.8. The van der Waals surface area contributed by atoms with Crippen molar-refractivity contribution < 1.29 is 14.0 Å². The molecule has 44 heavy (non-hydrogen) atoms. The maximum absolute atomic E-state index is 15.7. The summed E-state index contributed by atoms with van der Waals surface area (Å²) in [6.45, 7) is 6.55. The van der Waals surface area contributed by atoms with Crippen LogP contribution in [-0.4, -0.2) is 56.8 Å². The smallest absolute Gasteiger partial charge is 0.255 e. The highest BCUT2D eigenvalue weighted by molar-refractivity contribution is 7.13. The van der Waals surface area contributed by atoms with Gasteiger partial charge >= 0.3 is 0 Å². The first-order chi connectivity index (χ1) is 21.0. The van der Waals surface area contributed by atoms with Gasteiger partial charge in [-0.05, 0) is 79.4 Å². The largest absolute Gasteiger partial charge is 0.334 e. The SMILES string of the molecule is CN(C)CC1(C)CC(C)(c2ccc(-c3cc(F)c4c(c3)C(=O)N(C(C(=O)Nc3nccs3)c3ncn5c3CCC5)C4)cc2)C1. The van der Waals surface area contributed by atoms with Crippen molar-refractivity contribution in [2.24, 2.45) is 5.41 Å². The van der Waals surface area contributed by atoms with E-state index in [4.69, 9.17) is 0 Å². The number of imidazole rings is 1. The lowest BCUT2D eigenvalue weighted by molar-refractivity contribution is -0.121. The molecule has 2 aromatic carbocycles. The minimum atomic E-state index is -1.00. The Morgan fingerprint density at radius 3 is 2.61 bits per heavy atom. The van der Waals surface area contributed by atoms with Crippen molar-refractivity contribution in [1.82, 2.24) is 24.3 Å². The first kappa shape index (κ1) is 28.9. The van der Waals surface area contributed by atoms with E-state index in [9.17, 15) is 9.59 Å². The molecule has 0 spiro atoms. The Kier molecular flexibility index (Phi) is 6.97. The van der Waals surface area contributed by atoms with Crippen LogP contribution in [0.4, 0.5) is 9.52 Å². The average molecular weight is 613 g/mol. The molecule has 228 valence electrons. The highest BCUT2D eigenvalue weighted by atomic mass is 32.1. The molecule has 1 unspecified atom stereocenters. The number of nitrogens with zero attached hydrogens (tertiary/aromatic N) is 5. The molecule has 1 atom stereocenters. The Hall–Kier alpha value is -3.89. The number of halogens is 1. The van der Waals surface area contributed by atoms with Crippen LogP contribution >= 0.6 is 11.3 Å². The zero-order chi connectivity index (χ0) is 30.8. The topological polar surface area (TPSA) is 83.4 Å². The van der Waals surface area contributed by atoms with Crippen molar-refractivity contribution in [2.75, 3.05) is 26.0 Å². The van der Waals surface area contributed by atoms with E-state index in [2.05, 4.69) is 60.3 Å². The minimum Gasteiger partial charge on any atom is -0.334 e. The van der Waals surface area contributed by atoms with E-state index in [-0.39, 0.29) is 23.4 Å². The van der Waals surface area contributed by atoms with Crippen molar-refractivity contribution >= 4 is 28.3 Å². The Morgan fingerprint density at radius 2 is 1.91 bits per heavy atom. The highest BCUT2D eigenvalue weighted by Crippen LogP contribution is 2.55. The maximum Gasteiger partial charge on any atom is 0.255 e. The van der Waals surface area contributed by atoms with E-state index < -0.39 is 17.8 Å². The third-order valence-electron chi connectivity index (χ3n) is 9.53. The fourth-order valence-electron chi connectivity index (χ4n) is 8.14. The van der Waals surface area contributed by atoms with Gasteiger partial charge in [-0.3, -0.25) is 14.9 Å². The van der Waals surface area contributed by atoms with Gasteiger partial charge in [-0.25, -0.2) is 14.4 Å². The summed E-state index contributed by atoms with van der Waals surface area (Å²) in [6.07, 6.45) is 7.29. The lowest BCUT2D eigenvalue weighted by Gasteiger charge is -2.54. The number of aromatic nitrogens is 3. The van der Waals surface area contributed by atoms with Gasteiger partial charge in [0.05, 0.1) is 18.6 Å². The number of rotatable bonds is 8. The van der Waals surface area contributed by atoms with Gasteiger partial charge in [0.15, 0.2) is 11.2 Å². The van der Waals surface area contributed by atoms with Crippen LogP contribution in [0.5, 0.6) is 0 Å². The molecule has 10 heteroatoms. The van der Waals surface area contributed by atoms with Gasteiger partial charge in [0.25, 0.3) is 11.8 Å². The van der Waals surface area contributed by atoms with Gasteiger partial charge in [0, 0.05) is 41.5 Å². The number of anilines is 1. The summed E-state index contributed by atoms with van der Waals surface area (Å²) in [5.74, 6) is -1.23. The fourth-order valence-corrected chi connectivity index (χ4v) is 8.67. The van der Waals surface area contributed by atoms with Gasteiger partial charge in [-0.1, -0.05) is 38.1 Å². The molecule has 4 heterocycles. The molecule has 0 radical (unpaired) electrons. The molecule has 1 N–H and O–H groups in total. The van der Waals surface area contributed by atoms with Crippen molar-refractivity contribution in [3.05, 3.63) is 88.2 Å². The quantitative estimate of drug-likeness (QED) is 0.262. The zero-order valence-electron chi connectivity index (χ0n) is 25.6. The van der Waals surface area contributed by atoms with Crippen LogP contribution in [0.25, 0.3) is 11.1 Å². The van der Waals surface area contributed by atoms with Crippen LogP contribution < -0.4 is 5.32 Å². The molecule has 0 bridgehead atoms. The van der Waals surface area contributed by atoms with Crippen LogP contribution in [0.15, 0.2) is 54.3 Å². The fraction of sp³-hybridized carbons (Fsp3) is 0.412. The third-order valence-corrected chi connectivity index (χ3v) is 10.2. The second kappa shape index (κ2) is 10.6. The van der Waals surface area contributed by atoms with Crippen LogP contribution in [0.3, 0.4) is 0 Å². The molecule has 7 rings (SSSR count). The summed E-state index contributed by atoms with van der Waals surface area (Å²) in [7, 11) is 4.24. The molecule has 0 saturated heterocycles. The Morgan fingerprint density at radius 1 is 1.14 bits per heavy atom.